The monoisotopic (exact) mass is 439 g/mol. The molecule has 0 spiro atoms. The van der Waals surface area contributed by atoms with Gasteiger partial charge < -0.3 is 5.73 Å². The van der Waals surface area contributed by atoms with E-state index in [1.165, 1.54) is 56.9 Å². The maximum atomic E-state index is 13.2. The van der Waals surface area contributed by atoms with Gasteiger partial charge in [0.05, 0.1) is 0 Å². The third-order valence-corrected chi connectivity index (χ3v) is 12.9. The van der Waals surface area contributed by atoms with E-state index in [1.807, 2.05) is 0 Å². The summed E-state index contributed by atoms with van der Waals surface area (Å²) in [7, 11) is 0. The van der Waals surface area contributed by atoms with E-state index in [9.17, 15) is 4.79 Å². The molecule has 1 unspecified atom stereocenters. The van der Waals surface area contributed by atoms with E-state index in [0.29, 0.717) is 39.9 Å². The molecule has 0 saturated heterocycles. The number of Topliss-reactive ketones (excluding diaryl/α,β-unsaturated/α-hetero) is 1. The molecule has 0 aromatic rings. The fourth-order valence-electron chi connectivity index (χ4n) is 10.9. The van der Waals surface area contributed by atoms with E-state index < -0.39 is 0 Å². The first-order valence-corrected chi connectivity index (χ1v) is 13.8. The van der Waals surface area contributed by atoms with Crippen LogP contribution in [0.2, 0.25) is 0 Å². The van der Waals surface area contributed by atoms with Crippen LogP contribution in [0, 0.1) is 50.7 Å². The smallest absolute Gasteiger partial charge is 0.159 e. The van der Waals surface area contributed by atoms with Crippen molar-refractivity contribution in [2.45, 2.75) is 119 Å². The minimum absolute atomic E-state index is 0.130. The van der Waals surface area contributed by atoms with Crippen molar-refractivity contribution in [1.82, 2.24) is 0 Å². The fourth-order valence-corrected chi connectivity index (χ4v) is 10.9. The zero-order chi connectivity index (χ0) is 23.5. The number of nitrogens with two attached hydrogens (primary N) is 1. The SMILES string of the molecule is CC(C)C1=C2[C@H]3CC[C@@H]4[C@@]5(C)CCC(N)C(C)(C)[C@@H]5CC[C@@]4(C)[C@]3(C)CC[C@@]2(C)CC1=O. The molecule has 0 heterocycles. The predicted octanol–water partition coefficient (Wildman–Crippen LogP) is 7.31. The molecule has 5 aliphatic rings. The second-order valence-corrected chi connectivity index (χ2v) is 14.7. The number of rotatable bonds is 1. The summed E-state index contributed by atoms with van der Waals surface area (Å²) in [6, 6.07) is 0.343. The summed E-state index contributed by atoms with van der Waals surface area (Å²) in [5, 5.41) is 0. The third kappa shape index (κ3) is 2.60. The Labute approximate surface area is 197 Å². The van der Waals surface area contributed by atoms with Gasteiger partial charge in [-0.2, -0.15) is 0 Å². The van der Waals surface area contributed by atoms with Crippen LogP contribution in [0.5, 0.6) is 0 Å². The molecule has 0 aromatic heterocycles. The quantitative estimate of drug-likeness (QED) is 0.465. The molecule has 0 radical (unpaired) electrons. The van der Waals surface area contributed by atoms with Gasteiger partial charge in [0.25, 0.3) is 0 Å². The first-order valence-electron chi connectivity index (χ1n) is 13.8. The minimum atomic E-state index is 0.130. The number of hydrogen-bond acceptors (Lipinski definition) is 2. The number of carbonyl (C=O) groups excluding carboxylic acids is 1. The van der Waals surface area contributed by atoms with E-state index in [4.69, 9.17) is 5.73 Å². The van der Waals surface area contributed by atoms with Gasteiger partial charge >= 0.3 is 0 Å². The van der Waals surface area contributed by atoms with Crippen LogP contribution < -0.4 is 5.73 Å². The molecule has 4 saturated carbocycles. The second kappa shape index (κ2) is 6.73. The molecule has 0 bridgehead atoms. The molecule has 0 aliphatic heterocycles. The standard InChI is InChI=1S/C30H49NO/c1-18(2)24-20(32)17-27(5)15-16-29(7)19(25(24)27)9-10-22-28(6)13-12-23(31)26(3,4)21(28)11-14-30(22,29)8/h18-19,21-23H,9-17,31H2,1-8H3/t19-,21+,22-,23?,27+,28+,29-,30-/m1/s1. The Hall–Kier alpha value is -0.630. The van der Waals surface area contributed by atoms with Crippen molar-refractivity contribution in [3.8, 4) is 0 Å². The van der Waals surface area contributed by atoms with Crippen molar-refractivity contribution in [2.75, 3.05) is 0 Å². The lowest BCUT2D eigenvalue weighted by atomic mass is 9.33. The van der Waals surface area contributed by atoms with Gasteiger partial charge in [-0.15, -0.1) is 0 Å². The summed E-state index contributed by atoms with van der Waals surface area (Å²) in [6.07, 6.45) is 11.1. The van der Waals surface area contributed by atoms with Crippen LogP contribution in [-0.4, -0.2) is 11.8 Å². The number of fused-ring (bicyclic) bond motifs is 7. The molecule has 5 aliphatic carbocycles. The van der Waals surface area contributed by atoms with Gasteiger partial charge in [-0.25, -0.2) is 0 Å². The number of ketones is 1. The highest BCUT2D eigenvalue weighted by Crippen LogP contribution is 2.76. The first kappa shape index (κ1) is 23.1. The van der Waals surface area contributed by atoms with Crippen molar-refractivity contribution < 1.29 is 4.79 Å². The molecule has 8 atom stereocenters. The fraction of sp³-hybridized carbons (Fsp3) is 0.900. The maximum absolute atomic E-state index is 13.2. The van der Waals surface area contributed by atoms with Crippen molar-refractivity contribution >= 4 is 5.78 Å². The summed E-state index contributed by atoms with van der Waals surface area (Å²) in [5.74, 6) is 2.95. The van der Waals surface area contributed by atoms with E-state index >= 15 is 0 Å². The molecule has 2 N–H and O–H groups in total. The van der Waals surface area contributed by atoms with Gasteiger partial charge in [0.15, 0.2) is 5.78 Å². The summed E-state index contributed by atoms with van der Waals surface area (Å²) < 4.78 is 0. The van der Waals surface area contributed by atoms with Crippen LogP contribution in [0.3, 0.4) is 0 Å². The molecular formula is C30H49NO. The molecule has 4 fully saturated rings. The van der Waals surface area contributed by atoms with Crippen LogP contribution in [0.15, 0.2) is 11.1 Å². The van der Waals surface area contributed by atoms with Gasteiger partial charge in [0.1, 0.15) is 0 Å². The Morgan fingerprint density at radius 1 is 0.812 bits per heavy atom. The average molecular weight is 440 g/mol. The Bertz CT molecular complexity index is 868. The van der Waals surface area contributed by atoms with E-state index in [0.717, 1.165) is 18.3 Å². The lowest BCUT2D eigenvalue weighted by Gasteiger charge is -2.72. The lowest BCUT2D eigenvalue weighted by molar-refractivity contribution is -0.214. The zero-order valence-electron chi connectivity index (χ0n) is 22.2. The molecule has 0 amide bonds. The number of hydrogen-bond donors (Lipinski definition) is 1. The number of carbonyl (C=O) groups is 1. The Morgan fingerprint density at radius 2 is 1.50 bits per heavy atom. The summed E-state index contributed by atoms with van der Waals surface area (Å²) in [4.78, 5) is 13.2. The van der Waals surface area contributed by atoms with Crippen molar-refractivity contribution in [2.24, 2.45) is 56.5 Å². The summed E-state index contributed by atoms with van der Waals surface area (Å²) >= 11 is 0. The lowest BCUT2D eigenvalue weighted by Crippen LogP contribution is -2.66. The van der Waals surface area contributed by atoms with E-state index in [2.05, 4.69) is 55.4 Å². The third-order valence-electron chi connectivity index (χ3n) is 12.9. The summed E-state index contributed by atoms with van der Waals surface area (Å²) in [6.45, 7) is 19.9. The highest BCUT2D eigenvalue weighted by atomic mass is 16.1. The Balaban J connectivity index is 1.60. The van der Waals surface area contributed by atoms with Crippen molar-refractivity contribution in [3.63, 3.8) is 0 Å². The second-order valence-electron chi connectivity index (χ2n) is 14.7. The van der Waals surface area contributed by atoms with Crippen LogP contribution in [0.1, 0.15) is 113 Å². The van der Waals surface area contributed by atoms with Crippen LogP contribution in [0.4, 0.5) is 0 Å². The molecular weight excluding hydrogens is 390 g/mol. The van der Waals surface area contributed by atoms with Crippen LogP contribution in [0.25, 0.3) is 0 Å². The molecule has 2 nitrogen and oxygen atoms in total. The normalized spacial score (nSPS) is 52.4. The largest absolute Gasteiger partial charge is 0.327 e. The van der Waals surface area contributed by atoms with Crippen LogP contribution in [-0.2, 0) is 4.79 Å². The maximum Gasteiger partial charge on any atom is 0.159 e. The Morgan fingerprint density at radius 3 is 2.16 bits per heavy atom. The molecule has 180 valence electrons. The zero-order valence-corrected chi connectivity index (χ0v) is 22.2. The number of allylic oxidation sites excluding steroid dienone is 2. The van der Waals surface area contributed by atoms with Gasteiger partial charge in [-0.1, -0.05) is 61.0 Å². The van der Waals surface area contributed by atoms with Gasteiger partial charge in [0.2, 0.25) is 0 Å². The van der Waals surface area contributed by atoms with E-state index in [1.54, 1.807) is 5.57 Å². The van der Waals surface area contributed by atoms with Gasteiger partial charge in [-0.3, -0.25) is 4.79 Å². The van der Waals surface area contributed by atoms with Gasteiger partial charge in [0, 0.05) is 12.5 Å². The first-order chi connectivity index (χ1) is 14.7. The van der Waals surface area contributed by atoms with Crippen LogP contribution >= 0.6 is 0 Å². The van der Waals surface area contributed by atoms with Crippen molar-refractivity contribution in [1.29, 1.82) is 0 Å². The molecule has 0 aromatic carbocycles. The molecule has 32 heavy (non-hydrogen) atoms. The van der Waals surface area contributed by atoms with E-state index in [-0.39, 0.29) is 10.8 Å². The van der Waals surface area contributed by atoms with Gasteiger partial charge in [-0.05, 0) is 108 Å². The topological polar surface area (TPSA) is 43.1 Å². The molecule has 5 rings (SSSR count). The average Bonchev–Trinajstić information content (AvgIpc) is 2.96. The highest BCUT2D eigenvalue weighted by molar-refractivity contribution is 6.00. The molecule has 2 heteroatoms. The summed E-state index contributed by atoms with van der Waals surface area (Å²) in [5.41, 5.74) is 11.0. The predicted molar refractivity (Wildman–Crippen MR) is 133 cm³/mol. The van der Waals surface area contributed by atoms with Crippen molar-refractivity contribution in [3.05, 3.63) is 11.1 Å². The highest BCUT2D eigenvalue weighted by Gasteiger charge is 2.69. The Kier molecular flexibility index (Phi) is 4.87. The minimum Gasteiger partial charge on any atom is -0.327 e.